The van der Waals surface area contributed by atoms with Gasteiger partial charge in [-0.15, -0.1) is 10.2 Å². The molecule has 9 heteroatoms. The lowest BCUT2D eigenvalue weighted by Gasteiger charge is -2.16. The maximum Gasteiger partial charge on any atom is 0.278 e. The number of nitrogens with zero attached hydrogens (tertiary/aromatic N) is 6. The summed E-state index contributed by atoms with van der Waals surface area (Å²) in [4.78, 5) is 18.5. The zero-order chi connectivity index (χ0) is 21.9. The van der Waals surface area contributed by atoms with Gasteiger partial charge in [0, 0.05) is 28.7 Å². The van der Waals surface area contributed by atoms with Crippen LogP contribution < -0.4 is 0 Å². The number of pyridine rings is 1. The number of rotatable bonds is 7. The average Bonchev–Trinajstić information content (AvgIpc) is 3.46. The monoisotopic (exact) mass is 446 g/mol. The van der Waals surface area contributed by atoms with Gasteiger partial charge >= 0.3 is 0 Å². The van der Waals surface area contributed by atoms with Crippen molar-refractivity contribution in [1.82, 2.24) is 24.6 Å². The number of nitro groups is 1. The number of nitro benzene ring substituents is 1. The number of hydrogen-bond donors (Lipinski definition) is 0. The molecule has 1 fully saturated rings. The largest absolute Gasteiger partial charge is 0.300 e. The quantitative estimate of drug-likeness (QED) is 0.304. The van der Waals surface area contributed by atoms with Crippen molar-refractivity contribution in [3.8, 4) is 0 Å². The zero-order valence-electron chi connectivity index (χ0n) is 17.4. The molecule has 3 heterocycles. The summed E-state index contributed by atoms with van der Waals surface area (Å²) in [5.74, 6) is 0.936. The minimum Gasteiger partial charge on any atom is -0.300 e. The Kier molecular flexibility index (Phi) is 5.83. The zero-order valence-corrected chi connectivity index (χ0v) is 18.2. The fourth-order valence-electron chi connectivity index (χ4n) is 4.07. The van der Waals surface area contributed by atoms with Crippen LogP contribution in [0.15, 0.2) is 71.0 Å². The molecule has 162 valence electrons. The Morgan fingerprint density at radius 3 is 2.56 bits per heavy atom. The van der Waals surface area contributed by atoms with Gasteiger partial charge in [-0.2, -0.15) is 0 Å². The molecule has 0 atom stereocenters. The van der Waals surface area contributed by atoms with Crippen LogP contribution in [-0.4, -0.2) is 42.7 Å². The second kappa shape index (κ2) is 9.05. The van der Waals surface area contributed by atoms with E-state index in [9.17, 15) is 10.1 Å². The maximum absolute atomic E-state index is 11.4. The number of hydrogen-bond acceptors (Lipinski definition) is 7. The lowest BCUT2D eigenvalue weighted by molar-refractivity contribution is -0.383. The molecule has 4 aromatic rings. The number of benzene rings is 2. The lowest BCUT2D eigenvalue weighted by Crippen LogP contribution is -2.21. The lowest BCUT2D eigenvalue weighted by atomic mass is 10.1. The summed E-state index contributed by atoms with van der Waals surface area (Å²) >= 11 is 1.48. The van der Waals surface area contributed by atoms with Crippen molar-refractivity contribution >= 4 is 28.2 Å². The van der Waals surface area contributed by atoms with E-state index < -0.39 is 0 Å². The molecule has 0 aliphatic carbocycles. The van der Waals surface area contributed by atoms with Crippen molar-refractivity contribution in [2.75, 3.05) is 13.1 Å². The van der Waals surface area contributed by atoms with Crippen LogP contribution >= 0.6 is 11.8 Å². The van der Waals surface area contributed by atoms with Gasteiger partial charge in [-0.05, 0) is 55.4 Å². The standard InChI is InChI=1S/C23H22N6O2S/c30-29(31)20-8-9-21(18-10-11-24-14-19(18)20)32-23-26-25-22(16-27-12-4-5-13-27)28(23)15-17-6-2-1-3-7-17/h1-3,6-11,14H,4-5,12-13,15-16H2. The normalized spacial score (nSPS) is 14.2. The molecule has 32 heavy (non-hydrogen) atoms. The molecule has 1 saturated heterocycles. The smallest absolute Gasteiger partial charge is 0.278 e. The van der Waals surface area contributed by atoms with Gasteiger partial charge in [0.25, 0.3) is 5.69 Å². The van der Waals surface area contributed by atoms with Gasteiger partial charge in [0.2, 0.25) is 0 Å². The molecule has 2 aromatic heterocycles. The molecule has 5 rings (SSSR count). The van der Waals surface area contributed by atoms with Crippen molar-refractivity contribution < 1.29 is 4.92 Å². The maximum atomic E-state index is 11.4. The topological polar surface area (TPSA) is 90.0 Å². The van der Waals surface area contributed by atoms with Crippen molar-refractivity contribution in [3.05, 3.63) is 82.4 Å². The average molecular weight is 447 g/mol. The highest BCUT2D eigenvalue weighted by Crippen LogP contribution is 2.36. The summed E-state index contributed by atoms with van der Waals surface area (Å²) in [6.45, 7) is 3.61. The Hall–Kier alpha value is -3.30. The Morgan fingerprint density at radius 1 is 0.969 bits per heavy atom. The van der Waals surface area contributed by atoms with Crippen LogP contribution in [0.25, 0.3) is 10.8 Å². The van der Waals surface area contributed by atoms with E-state index in [0.29, 0.717) is 11.9 Å². The highest BCUT2D eigenvalue weighted by molar-refractivity contribution is 7.99. The fourth-order valence-corrected chi connectivity index (χ4v) is 5.05. The van der Waals surface area contributed by atoms with Crippen LogP contribution in [-0.2, 0) is 13.1 Å². The Labute approximate surface area is 189 Å². The molecule has 2 aromatic carbocycles. The van der Waals surface area contributed by atoms with E-state index in [1.807, 2.05) is 24.3 Å². The van der Waals surface area contributed by atoms with Crippen molar-refractivity contribution in [3.63, 3.8) is 0 Å². The van der Waals surface area contributed by atoms with E-state index in [4.69, 9.17) is 0 Å². The molecule has 0 saturated carbocycles. The third-order valence-corrected chi connectivity index (χ3v) is 6.75. The summed E-state index contributed by atoms with van der Waals surface area (Å²) in [5.41, 5.74) is 1.23. The first-order valence-corrected chi connectivity index (χ1v) is 11.4. The Bertz CT molecular complexity index is 1250. The number of likely N-dealkylation sites (tertiary alicyclic amines) is 1. The Morgan fingerprint density at radius 2 is 1.78 bits per heavy atom. The minimum atomic E-state index is -0.371. The highest BCUT2D eigenvalue weighted by atomic mass is 32.2. The molecule has 8 nitrogen and oxygen atoms in total. The first kappa shape index (κ1) is 20.6. The van der Waals surface area contributed by atoms with Gasteiger partial charge in [-0.3, -0.25) is 20.0 Å². The number of fused-ring (bicyclic) bond motifs is 1. The van der Waals surface area contributed by atoms with E-state index >= 15 is 0 Å². The van der Waals surface area contributed by atoms with Crippen LogP contribution in [0.2, 0.25) is 0 Å². The Balaban J connectivity index is 1.52. The SMILES string of the molecule is O=[N+]([O-])c1ccc(Sc2nnc(CN3CCCC3)n2Cc2ccccc2)c2ccncc12. The first-order valence-electron chi connectivity index (χ1n) is 10.6. The second-order valence-corrected chi connectivity index (χ2v) is 8.83. The molecule has 0 amide bonds. The highest BCUT2D eigenvalue weighted by Gasteiger charge is 2.21. The summed E-state index contributed by atoms with van der Waals surface area (Å²) < 4.78 is 2.16. The predicted molar refractivity (Wildman–Crippen MR) is 123 cm³/mol. The van der Waals surface area contributed by atoms with E-state index in [1.165, 1.54) is 36.2 Å². The summed E-state index contributed by atoms with van der Waals surface area (Å²) in [7, 11) is 0. The van der Waals surface area contributed by atoms with Crippen LogP contribution in [0.1, 0.15) is 24.2 Å². The van der Waals surface area contributed by atoms with Crippen molar-refractivity contribution in [2.24, 2.45) is 0 Å². The van der Waals surface area contributed by atoms with Gasteiger partial charge < -0.3 is 4.57 Å². The molecule has 0 spiro atoms. The molecule has 0 N–H and O–H groups in total. The van der Waals surface area contributed by atoms with Crippen LogP contribution in [0, 0.1) is 10.1 Å². The van der Waals surface area contributed by atoms with Gasteiger partial charge in [0.1, 0.15) is 5.82 Å². The molecule has 0 bridgehead atoms. The predicted octanol–water partition coefficient (Wildman–Crippen LogP) is 4.53. The van der Waals surface area contributed by atoms with Gasteiger partial charge in [0.05, 0.1) is 23.4 Å². The summed E-state index contributed by atoms with van der Waals surface area (Å²) in [5, 5.41) is 22.6. The van der Waals surface area contributed by atoms with Crippen molar-refractivity contribution in [2.45, 2.75) is 36.0 Å². The number of aromatic nitrogens is 4. The van der Waals surface area contributed by atoms with Crippen LogP contribution in [0.5, 0.6) is 0 Å². The fraction of sp³-hybridized carbons (Fsp3) is 0.261. The van der Waals surface area contributed by atoms with Gasteiger partial charge in [-0.1, -0.05) is 30.3 Å². The molecule has 0 unspecified atom stereocenters. The van der Waals surface area contributed by atoms with Gasteiger partial charge in [-0.25, -0.2) is 0 Å². The van der Waals surface area contributed by atoms with E-state index in [2.05, 4.69) is 36.8 Å². The second-order valence-electron chi connectivity index (χ2n) is 7.82. The number of non-ortho nitro benzene ring substituents is 1. The van der Waals surface area contributed by atoms with E-state index in [-0.39, 0.29) is 10.6 Å². The third kappa shape index (κ3) is 4.21. The molecule has 0 radical (unpaired) electrons. The summed E-state index contributed by atoms with van der Waals surface area (Å²) in [6, 6.07) is 15.4. The van der Waals surface area contributed by atoms with E-state index in [0.717, 1.165) is 40.9 Å². The van der Waals surface area contributed by atoms with Crippen LogP contribution in [0.4, 0.5) is 5.69 Å². The van der Waals surface area contributed by atoms with Crippen molar-refractivity contribution in [1.29, 1.82) is 0 Å². The molecule has 1 aliphatic rings. The first-order chi connectivity index (χ1) is 15.7. The van der Waals surface area contributed by atoms with Crippen LogP contribution in [0.3, 0.4) is 0 Å². The molecular formula is C23H22N6O2S. The third-order valence-electron chi connectivity index (χ3n) is 5.69. The molecule has 1 aliphatic heterocycles. The molecular weight excluding hydrogens is 424 g/mol. The van der Waals surface area contributed by atoms with Gasteiger partial charge in [0.15, 0.2) is 5.16 Å². The van der Waals surface area contributed by atoms with E-state index in [1.54, 1.807) is 18.5 Å². The summed E-state index contributed by atoms with van der Waals surface area (Å²) in [6.07, 6.45) is 5.64. The minimum absolute atomic E-state index is 0.0536.